The Hall–Kier alpha value is -1.45. The minimum Gasteiger partial charge on any atom is -0.478 e. The molecule has 0 atom stereocenters. The van der Waals surface area contributed by atoms with Crippen LogP contribution in [0.2, 0.25) is 0 Å². The van der Waals surface area contributed by atoms with Crippen molar-refractivity contribution in [3.63, 3.8) is 0 Å². The summed E-state index contributed by atoms with van der Waals surface area (Å²) in [5.74, 6) is -1.58. The first-order valence-corrected chi connectivity index (χ1v) is 8.16. The van der Waals surface area contributed by atoms with E-state index in [4.69, 9.17) is 5.11 Å². The number of carboxylic acid groups (broad SMARTS) is 1. The van der Waals surface area contributed by atoms with Crippen LogP contribution in [0.3, 0.4) is 0 Å². The predicted octanol–water partition coefficient (Wildman–Crippen LogP) is 0.593. The minimum atomic E-state index is -3.84. The molecule has 112 valence electrons. The van der Waals surface area contributed by atoms with Gasteiger partial charge in [-0.1, -0.05) is 6.92 Å². The summed E-state index contributed by atoms with van der Waals surface area (Å²) < 4.78 is 25.1. The highest BCUT2D eigenvalue weighted by atomic mass is 32.2. The van der Waals surface area contributed by atoms with E-state index >= 15 is 0 Å². The van der Waals surface area contributed by atoms with Gasteiger partial charge in [-0.15, -0.1) is 11.3 Å². The molecule has 1 aromatic heterocycles. The Morgan fingerprint density at radius 2 is 2.10 bits per heavy atom. The van der Waals surface area contributed by atoms with Gasteiger partial charge in [0.15, 0.2) is 0 Å². The molecule has 1 rings (SSSR count). The second kappa shape index (κ2) is 6.82. The highest BCUT2D eigenvalue weighted by Crippen LogP contribution is 2.23. The summed E-state index contributed by atoms with van der Waals surface area (Å²) in [7, 11) is -2.57. The van der Waals surface area contributed by atoms with Gasteiger partial charge in [-0.05, 0) is 12.5 Å². The number of hydrogen-bond donors (Lipinski definition) is 2. The van der Waals surface area contributed by atoms with Gasteiger partial charge in [-0.3, -0.25) is 4.79 Å². The van der Waals surface area contributed by atoms with Crippen molar-refractivity contribution in [2.75, 3.05) is 20.1 Å². The number of likely N-dealkylation sites (N-methyl/N-ethyl adjacent to an activating group) is 1. The Kier molecular flexibility index (Phi) is 5.66. The van der Waals surface area contributed by atoms with Crippen molar-refractivity contribution in [1.82, 2.24) is 9.62 Å². The summed E-state index contributed by atoms with van der Waals surface area (Å²) in [6, 6.07) is 1.09. The first-order valence-electron chi connectivity index (χ1n) is 5.84. The fraction of sp³-hybridized carbons (Fsp3) is 0.455. The second-order valence-electron chi connectivity index (χ2n) is 4.07. The van der Waals surface area contributed by atoms with Gasteiger partial charge < -0.3 is 10.4 Å². The Morgan fingerprint density at radius 1 is 1.45 bits per heavy atom. The van der Waals surface area contributed by atoms with Crippen molar-refractivity contribution in [3.8, 4) is 0 Å². The molecule has 9 heteroatoms. The van der Waals surface area contributed by atoms with Crippen LogP contribution < -0.4 is 5.32 Å². The molecule has 20 heavy (non-hydrogen) atoms. The fourth-order valence-electron chi connectivity index (χ4n) is 1.33. The van der Waals surface area contributed by atoms with E-state index in [9.17, 15) is 18.0 Å². The van der Waals surface area contributed by atoms with Gasteiger partial charge in [0.1, 0.15) is 4.21 Å². The molecule has 0 unspecified atom stereocenters. The molecule has 1 amide bonds. The number of carboxylic acids is 1. The smallest absolute Gasteiger partial charge is 0.336 e. The Morgan fingerprint density at radius 3 is 2.60 bits per heavy atom. The van der Waals surface area contributed by atoms with Crippen molar-refractivity contribution >= 4 is 33.2 Å². The van der Waals surface area contributed by atoms with Crippen molar-refractivity contribution < 1.29 is 23.1 Å². The number of amides is 1. The third kappa shape index (κ3) is 4.02. The lowest BCUT2D eigenvalue weighted by Crippen LogP contribution is -2.38. The molecule has 7 nitrogen and oxygen atoms in total. The van der Waals surface area contributed by atoms with Crippen LogP contribution in [-0.2, 0) is 14.8 Å². The third-order valence-electron chi connectivity index (χ3n) is 2.43. The van der Waals surface area contributed by atoms with Crippen LogP contribution >= 0.6 is 11.3 Å². The molecule has 0 bridgehead atoms. The first-order chi connectivity index (χ1) is 9.28. The Labute approximate surface area is 121 Å². The largest absolute Gasteiger partial charge is 0.478 e. The van der Waals surface area contributed by atoms with Gasteiger partial charge in [0, 0.05) is 19.0 Å². The third-order valence-corrected chi connectivity index (χ3v) is 5.64. The lowest BCUT2D eigenvalue weighted by Gasteiger charge is -2.15. The number of aromatic carboxylic acids is 1. The molecule has 0 aliphatic rings. The second-order valence-corrected chi connectivity index (χ2v) is 7.25. The topological polar surface area (TPSA) is 104 Å². The predicted molar refractivity (Wildman–Crippen MR) is 74.4 cm³/mol. The van der Waals surface area contributed by atoms with Crippen molar-refractivity contribution in [2.24, 2.45) is 0 Å². The molecular formula is C11H16N2O5S2. The van der Waals surface area contributed by atoms with E-state index in [2.05, 4.69) is 5.32 Å². The molecule has 0 aliphatic carbocycles. The fourth-order valence-corrected chi connectivity index (χ4v) is 3.81. The first kappa shape index (κ1) is 16.6. The molecule has 0 fully saturated rings. The summed E-state index contributed by atoms with van der Waals surface area (Å²) in [5, 5.41) is 12.6. The molecule has 0 aliphatic heterocycles. The number of rotatable bonds is 7. The van der Waals surface area contributed by atoms with E-state index in [0.29, 0.717) is 6.54 Å². The van der Waals surface area contributed by atoms with Gasteiger partial charge in [0.2, 0.25) is 5.91 Å². The number of carbonyl (C=O) groups is 2. The van der Waals surface area contributed by atoms with Crippen molar-refractivity contribution in [3.05, 3.63) is 17.0 Å². The number of hydrogen-bond acceptors (Lipinski definition) is 5. The normalized spacial score (nSPS) is 11.6. The number of carbonyl (C=O) groups excluding carboxylic acids is 1. The molecule has 2 N–H and O–H groups in total. The maximum absolute atomic E-state index is 12.1. The number of nitrogens with one attached hydrogen (secondary N) is 1. The van der Waals surface area contributed by atoms with E-state index in [1.165, 1.54) is 12.4 Å². The maximum Gasteiger partial charge on any atom is 0.336 e. The molecule has 0 saturated carbocycles. The Balaban J connectivity index is 2.81. The van der Waals surface area contributed by atoms with Gasteiger partial charge in [0.25, 0.3) is 10.0 Å². The maximum atomic E-state index is 12.1. The van der Waals surface area contributed by atoms with Gasteiger partial charge in [-0.2, -0.15) is 4.31 Å². The molecule has 0 aromatic carbocycles. The summed E-state index contributed by atoms with van der Waals surface area (Å²) in [4.78, 5) is 22.2. The summed E-state index contributed by atoms with van der Waals surface area (Å²) in [5.41, 5.74) is -0.0857. The lowest BCUT2D eigenvalue weighted by molar-refractivity contribution is -0.121. The van der Waals surface area contributed by atoms with Crippen LogP contribution in [0.5, 0.6) is 0 Å². The van der Waals surface area contributed by atoms with E-state index in [1.54, 1.807) is 0 Å². The number of thiophene rings is 1. The van der Waals surface area contributed by atoms with Crippen LogP contribution in [0.25, 0.3) is 0 Å². The molecule has 0 radical (unpaired) electrons. The zero-order valence-electron chi connectivity index (χ0n) is 11.1. The Bertz CT molecular complexity index is 594. The molecule has 1 aromatic rings. The van der Waals surface area contributed by atoms with Crippen LogP contribution in [0, 0.1) is 0 Å². The molecule has 1 heterocycles. The summed E-state index contributed by atoms with van der Waals surface area (Å²) in [6.45, 7) is 2.07. The molecule has 0 spiro atoms. The van der Waals surface area contributed by atoms with Gasteiger partial charge >= 0.3 is 5.97 Å². The quantitative estimate of drug-likeness (QED) is 0.765. The van der Waals surface area contributed by atoms with E-state index in [-0.39, 0.29) is 16.3 Å². The molecular weight excluding hydrogens is 304 g/mol. The monoisotopic (exact) mass is 320 g/mol. The zero-order valence-corrected chi connectivity index (χ0v) is 12.8. The summed E-state index contributed by atoms with van der Waals surface area (Å²) >= 11 is 0.816. The summed E-state index contributed by atoms with van der Waals surface area (Å²) in [6.07, 6.45) is 0.759. The van der Waals surface area contributed by atoms with Crippen LogP contribution in [-0.4, -0.2) is 49.8 Å². The van der Waals surface area contributed by atoms with Crippen LogP contribution in [0.15, 0.2) is 15.7 Å². The average molecular weight is 320 g/mol. The average Bonchev–Trinajstić information content (AvgIpc) is 2.86. The van der Waals surface area contributed by atoms with Crippen LogP contribution in [0.1, 0.15) is 23.7 Å². The number of sulfonamides is 1. The van der Waals surface area contributed by atoms with Gasteiger partial charge in [0.05, 0.1) is 12.1 Å². The van der Waals surface area contributed by atoms with Gasteiger partial charge in [-0.25, -0.2) is 13.2 Å². The number of nitrogens with zero attached hydrogens (tertiary/aromatic N) is 1. The highest BCUT2D eigenvalue weighted by Gasteiger charge is 2.25. The van der Waals surface area contributed by atoms with E-state index in [0.717, 1.165) is 28.1 Å². The van der Waals surface area contributed by atoms with Crippen molar-refractivity contribution in [1.29, 1.82) is 0 Å². The van der Waals surface area contributed by atoms with E-state index < -0.39 is 21.9 Å². The minimum absolute atomic E-state index is 0.0857. The van der Waals surface area contributed by atoms with Crippen LogP contribution in [0.4, 0.5) is 0 Å². The van der Waals surface area contributed by atoms with Crippen molar-refractivity contribution in [2.45, 2.75) is 17.6 Å². The standard InChI is InChI=1S/C11H16N2O5S2/c1-3-4-12-9(14)6-13(2)20(17,18)10-5-8(7-19-10)11(15)16/h5,7H,3-4,6H2,1-2H3,(H,12,14)(H,15,16). The highest BCUT2D eigenvalue weighted by molar-refractivity contribution is 7.91. The SMILES string of the molecule is CCCNC(=O)CN(C)S(=O)(=O)c1cc(C(=O)O)cs1. The lowest BCUT2D eigenvalue weighted by atomic mass is 10.4. The van der Waals surface area contributed by atoms with E-state index in [1.807, 2.05) is 6.92 Å². The molecule has 0 saturated heterocycles. The zero-order chi connectivity index (χ0) is 15.3.